The van der Waals surface area contributed by atoms with Gasteiger partial charge in [0, 0.05) is 17.2 Å². The normalized spacial score (nSPS) is 16.6. The lowest BCUT2D eigenvalue weighted by Crippen LogP contribution is -2.67. The van der Waals surface area contributed by atoms with Crippen LogP contribution in [-0.4, -0.2) is 36.1 Å². The third kappa shape index (κ3) is 7.29. The van der Waals surface area contributed by atoms with E-state index in [1.807, 2.05) is 48.5 Å². The average molecular weight is 917 g/mol. The fraction of sp³-hybridized carbons (Fsp3) is 0.150. The van der Waals surface area contributed by atoms with Gasteiger partial charge in [-0.1, -0.05) is 203 Å². The largest absolute Gasteiger partial charge is 0.497 e. The molecule has 0 saturated heterocycles. The summed E-state index contributed by atoms with van der Waals surface area (Å²) >= 11 is 0. The highest BCUT2D eigenvalue weighted by Gasteiger charge is 2.60. The minimum Gasteiger partial charge on any atom is -0.497 e. The van der Waals surface area contributed by atoms with Crippen molar-refractivity contribution in [1.29, 1.82) is 10.5 Å². The first-order valence-electron chi connectivity index (χ1n) is 22.8. The Bertz CT molecular complexity index is 3050. The Balaban J connectivity index is 1.50. The van der Waals surface area contributed by atoms with Gasteiger partial charge in [0.2, 0.25) is 8.07 Å². The van der Waals surface area contributed by atoms with Crippen LogP contribution < -0.4 is 41.1 Å². The van der Waals surface area contributed by atoms with Crippen LogP contribution in [0.1, 0.15) is 43.9 Å². The van der Waals surface area contributed by atoms with E-state index in [9.17, 15) is 10.5 Å². The highest BCUT2D eigenvalue weighted by atomic mass is 28.3. The lowest BCUT2D eigenvalue weighted by Gasteiger charge is -2.46. The summed E-state index contributed by atoms with van der Waals surface area (Å²) in [4.78, 5) is 5.70. The van der Waals surface area contributed by atoms with Gasteiger partial charge in [-0.25, -0.2) is 0 Å². The SMILES string of the molecule is COc1ccc([C@@H]2N=C3C(C#C[Si](c4ccccc4)(c4ccccc4)c4ccccc4)=C([Si](c4ccccc4)(c4ccccc4)C(C)(C)C)C(N)=C3[C@@H](c3ccc(OC)cc3)C2(C#N)C#N)cc1. The average Bonchev–Trinajstić information content (AvgIpc) is 3.66. The molecular weight excluding hydrogens is 865 g/mol. The Kier molecular flexibility index (Phi) is 12.2. The first-order chi connectivity index (χ1) is 33.1. The molecule has 332 valence electrons. The number of rotatable bonds is 10. The minimum atomic E-state index is -3.36. The number of nitrogens with two attached hydrogens (primary N) is 1. The van der Waals surface area contributed by atoms with Gasteiger partial charge >= 0.3 is 0 Å². The molecule has 1 aliphatic carbocycles. The zero-order chi connectivity index (χ0) is 47.5. The van der Waals surface area contributed by atoms with Crippen LogP contribution in [0.3, 0.4) is 0 Å². The Morgan fingerprint density at radius 3 is 1.29 bits per heavy atom. The van der Waals surface area contributed by atoms with Crippen LogP contribution in [0.4, 0.5) is 0 Å². The van der Waals surface area contributed by atoms with E-state index in [1.54, 1.807) is 14.2 Å². The summed E-state index contributed by atoms with van der Waals surface area (Å²) in [6.45, 7) is 6.93. The van der Waals surface area contributed by atoms with Crippen LogP contribution in [0.15, 0.2) is 227 Å². The Morgan fingerprint density at radius 1 is 0.544 bits per heavy atom. The minimum absolute atomic E-state index is 0.420. The van der Waals surface area contributed by atoms with Gasteiger partial charge in [0.15, 0.2) is 13.5 Å². The number of allylic oxidation sites excluding steroid dienone is 3. The maximum Gasteiger partial charge on any atom is 0.230 e. The van der Waals surface area contributed by atoms with E-state index in [0.29, 0.717) is 34.0 Å². The highest BCUT2D eigenvalue weighted by molar-refractivity contribution is 7.17. The smallest absolute Gasteiger partial charge is 0.230 e. The predicted molar refractivity (Wildman–Crippen MR) is 280 cm³/mol. The fourth-order valence-corrected chi connectivity index (χ4v) is 20.5. The molecule has 2 atom stereocenters. The summed E-state index contributed by atoms with van der Waals surface area (Å²) in [5, 5.41) is 29.6. The molecule has 0 fully saturated rings. The van der Waals surface area contributed by atoms with E-state index in [1.165, 1.54) is 0 Å². The van der Waals surface area contributed by atoms with Crippen molar-refractivity contribution in [3.63, 3.8) is 0 Å². The van der Waals surface area contributed by atoms with Crippen molar-refractivity contribution >= 4 is 47.8 Å². The lowest BCUT2D eigenvalue weighted by molar-refractivity contribution is 0.361. The molecule has 2 N–H and O–H groups in total. The van der Waals surface area contributed by atoms with Gasteiger partial charge in [-0.15, -0.1) is 5.54 Å². The van der Waals surface area contributed by atoms with Crippen molar-refractivity contribution in [2.75, 3.05) is 14.2 Å². The number of fused-ring (bicyclic) bond motifs is 1. The predicted octanol–water partition coefficient (Wildman–Crippen LogP) is 8.86. The molecule has 68 heavy (non-hydrogen) atoms. The first kappa shape index (κ1) is 45.2. The number of methoxy groups -OCH3 is 2. The van der Waals surface area contributed by atoms with Gasteiger partial charge in [0.25, 0.3) is 0 Å². The van der Waals surface area contributed by atoms with E-state index in [0.717, 1.165) is 42.3 Å². The van der Waals surface area contributed by atoms with Crippen molar-refractivity contribution in [3.8, 4) is 35.1 Å². The number of aliphatic imine (C=N–C) groups is 1. The summed E-state index contributed by atoms with van der Waals surface area (Å²) in [7, 11) is -3.33. The van der Waals surface area contributed by atoms with Crippen molar-refractivity contribution in [3.05, 3.63) is 233 Å². The standard InChI is InChI=1S/C60H52N4O2Si2/c1-59(2,3)68(50-27-17-9-18-28-50,51-29-19-10-20-30-51)57-52(39-40-67(47-21-11-6-12-22-47,48-23-13-7-14-24-48)49-25-15-8-16-26-49)56-53(55(57)63)54(43-31-35-45(65-4)36-32-43)60(41-61,42-62)58(64-56)44-33-37-46(66-5)38-34-44/h6-38,54,58H,63H2,1-5H3/t54-,58+/m1/s1. The second kappa shape index (κ2) is 18.4. The second-order valence-electron chi connectivity index (χ2n) is 18.4. The van der Waals surface area contributed by atoms with E-state index in [4.69, 9.17) is 20.2 Å². The van der Waals surface area contributed by atoms with Gasteiger partial charge in [0.05, 0.1) is 37.6 Å². The molecule has 0 amide bonds. The summed E-state index contributed by atoms with van der Waals surface area (Å²) in [6.07, 6.45) is 0. The molecule has 8 heteroatoms. The first-order valence-corrected chi connectivity index (χ1v) is 26.8. The quantitative estimate of drug-likeness (QED) is 0.0840. The van der Waals surface area contributed by atoms with Gasteiger partial charge in [0.1, 0.15) is 17.5 Å². The summed E-state index contributed by atoms with van der Waals surface area (Å²) in [5.74, 6) is 4.48. The number of benzene rings is 7. The zero-order valence-electron chi connectivity index (χ0n) is 38.9. The molecule has 0 aromatic heterocycles. The Morgan fingerprint density at radius 2 is 0.926 bits per heavy atom. The van der Waals surface area contributed by atoms with E-state index < -0.39 is 38.6 Å². The molecule has 0 spiro atoms. The lowest BCUT2D eigenvalue weighted by atomic mass is 9.62. The molecule has 1 heterocycles. The molecule has 0 unspecified atom stereocenters. The molecular formula is C60H52N4O2Si2. The van der Waals surface area contributed by atoms with Crippen LogP contribution in [0.2, 0.25) is 5.04 Å². The molecule has 0 radical (unpaired) electrons. The monoisotopic (exact) mass is 916 g/mol. The van der Waals surface area contributed by atoms with Crippen molar-refractivity contribution in [2.24, 2.45) is 16.1 Å². The van der Waals surface area contributed by atoms with Gasteiger partial charge < -0.3 is 15.2 Å². The van der Waals surface area contributed by atoms with Crippen molar-refractivity contribution in [1.82, 2.24) is 0 Å². The van der Waals surface area contributed by atoms with E-state index in [-0.39, 0.29) is 0 Å². The maximum atomic E-state index is 11.7. The summed E-state index contributed by atoms with van der Waals surface area (Å²) in [5.41, 5.74) is 14.4. The molecule has 7 aromatic rings. The van der Waals surface area contributed by atoms with Gasteiger partial charge in [-0.2, -0.15) is 10.5 Å². The summed E-state index contributed by atoms with van der Waals surface area (Å²) in [6, 6.07) is 72.8. The second-order valence-corrected chi connectivity index (χ2v) is 26.5. The zero-order valence-corrected chi connectivity index (χ0v) is 40.9. The van der Waals surface area contributed by atoms with Gasteiger partial charge in [-0.3, -0.25) is 4.99 Å². The molecule has 9 rings (SSSR count). The van der Waals surface area contributed by atoms with E-state index >= 15 is 0 Å². The van der Waals surface area contributed by atoms with Crippen LogP contribution in [0.25, 0.3) is 0 Å². The Hall–Kier alpha value is -7.94. The molecule has 2 aliphatic rings. The number of hydrogen-bond acceptors (Lipinski definition) is 6. The molecule has 1 aliphatic heterocycles. The molecule has 0 bridgehead atoms. The van der Waals surface area contributed by atoms with Crippen LogP contribution in [0.5, 0.6) is 11.5 Å². The third-order valence-corrected chi connectivity index (χ3v) is 23.9. The highest BCUT2D eigenvalue weighted by Crippen LogP contribution is 2.59. The topological polar surface area (TPSA) is 104 Å². The van der Waals surface area contributed by atoms with Crippen molar-refractivity contribution < 1.29 is 9.47 Å². The number of hydrogen-bond donors (Lipinski definition) is 1. The fourth-order valence-electron chi connectivity index (χ4n) is 10.8. The number of nitrogens with zero attached hydrogens (tertiary/aromatic N) is 3. The summed E-state index contributed by atoms with van der Waals surface area (Å²) < 4.78 is 11.2. The molecule has 7 aromatic carbocycles. The third-order valence-electron chi connectivity index (χ3n) is 13.9. The van der Waals surface area contributed by atoms with Crippen LogP contribution in [-0.2, 0) is 0 Å². The number of nitriles is 2. The van der Waals surface area contributed by atoms with Crippen LogP contribution >= 0.6 is 0 Å². The van der Waals surface area contributed by atoms with Crippen LogP contribution in [0, 0.1) is 39.5 Å². The van der Waals surface area contributed by atoms with Gasteiger partial charge in [-0.05, 0) is 71.6 Å². The molecule has 0 saturated carbocycles. The molecule has 6 nitrogen and oxygen atoms in total. The van der Waals surface area contributed by atoms with E-state index in [2.05, 4.69) is 196 Å². The Labute approximate surface area is 402 Å². The van der Waals surface area contributed by atoms with Crippen molar-refractivity contribution in [2.45, 2.75) is 37.8 Å². The maximum absolute atomic E-state index is 11.7. The number of ether oxygens (including phenoxy) is 2.